The summed E-state index contributed by atoms with van der Waals surface area (Å²) in [4.78, 5) is 13.9. The molecule has 21 heavy (non-hydrogen) atoms. The second-order valence-corrected chi connectivity index (χ2v) is 5.87. The topological polar surface area (TPSA) is 40.5 Å². The number of aryl methyl sites for hydroxylation is 1. The van der Waals surface area contributed by atoms with Gasteiger partial charge in [0.1, 0.15) is 5.75 Å². The van der Waals surface area contributed by atoms with E-state index < -0.39 is 0 Å². The van der Waals surface area contributed by atoms with Gasteiger partial charge >= 0.3 is 0 Å². The second-order valence-electron chi connectivity index (χ2n) is 5.01. The summed E-state index contributed by atoms with van der Waals surface area (Å²) in [6.07, 6.45) is 1.18. The van der Waals surface area contributed by atoms with Crippen LogP contribution in [-0.2, 0) is 17.8 Å². The monoisotopic (exact) mass is 347 g/mol. The van der Waals surface area contributed by atoms with Crippen LogP contribution in [0.2, 0.25) is 0 Å². The van der Waals surface area contributed by atoms with Gasteiger partial charge in [-0.05, 0) is 35.7 Å². The first-order chi connectivity index (χ1) is 10.1. The Kier molecular flexibility index (Phi) is 5.39. The summed E-state index contributed by atoms with van der Waals surface area (Å²) in [5, 5.41) is 9.44. The molecule has 0 radical (unpaired) electrons. The lowest BCUT2D eigenvalue weighted by atomic mass is 10.1. The van der Waals surface area contributed by atoms with E-state index in [-0.39, 0.29) is 11.7 Å². The number of phenolic OH excluding ortho intramolecular Hbond substituents is 1. The lowest BCUT2D eigenvalue weighted by Crippen LogP contribution is -2.26. The molecule has 110 valence electrons. The minimum Gasteiger partial charge on any atom is -0.508 e. The van der Waals surface area contributed by atoms with E-state index in [0.717, 1.165) is 15.6 Å². The number of carbonyl (C=O) groups is 1. The predicted molar refractivity (Wildman–Crippen MR) is 87.0 cm³/mol. The fourth-order valence-corrected chi connectivity index (χ4v) is 2.63. The van der Waals surface area contributed by atoms with Crippen LogP contribution in [0.1, 0.15) is 17.5 Å². The third-order valence-corrected chi connectivity index (χ3v) is 4.10. The Morgan fingerprint density at radius 2 is 1.95 bits per heavy atom. The Bertz CT molecular complexity index is 628. The highest BCUT2D eigenvalue weighted by Gasteiger charge is 2.10. The fraction of sp³-hybridized carbons (Fsp3) is 0.235. The summed E-state index contributed by atoms with van der Waals surface area (Å²) in [5.74, 6) is 0.315. The van der Waals surface area contributed by atoms with Crippen molar-refractivity contribution in [3.05, 3.63) is 64.1 Å². The summed E-state index contributed by atoms with van der Waals surface area (Å²) in [7, 11) is 1.78. The normalized spacial score (nSPS) is 10.4. The zero-order valence-electron chi connectivity index (χ0n) is 11.9. The summed E-state index contributed by atoms with van der Waals surface area (Å²) in [6, 6.07) is 14.9. The van der Waals surface area contributed by atoms with Crippen molar-refractivity contribution in [1.29, 1.82) is 0 Å². The van der Waals surface area contributed by atoms with E-state index in [9.17, 15) is 9.90 Å². The quantitative estimate of drug-likeness (QED) is 0.894. The van der Waals surface area contributed by atoms with Crippen molar-refractivity contribution in [2.75, 3.05) is 7.05 Å². The SMILES string of the molecule is CN(Cc1cccc(O)c1)C(=O)CCc1ccccc1Br. The number of aromatic hydroxyl groups is 1. The fourth-order valence-electron chi connectivity index (χ4n) is 2.15. The number of phenols is 1. The maximum atomic E-state index is 12.2. The van der Waals surface area contributed by atoms with Crippen molar-refractivity contribution in [2.45, 2.75) is 19.4 Å². The molecule has 0 saturated heterocycles. The van der Waals surface area contributed by atoms with Gasteiger partial charge in [-0.2, -0.15) is 0 Å². The molecule has 2 aromatic carbocycles. The molecule has 0 spiro atoms. The molecule has 1 N–H and O–H groups in total. The number of benzene rings is 2. The first-order valence-corrected chi connectivity index (χ1v) is 7.61. The molecule has 2 rings (SSSR count). The van der Waals surface area contributed by atoms with Crippen LogP contribution < -0.4 is 0 Å². The molecule has 2 aromatic rings. The maximum Gasteiger partial charge on any atom is 0.222 e. The molecular weight excluding hydrogens is 330 g/mol. The Labute approximate surface area is 133 Å². The summed E-state index contributed by atoms with van der Waals surface area (Å²) in [6.45, 7) is 0.503. The smallest absolute Gasteiger partial charge is 0.222 e. The van der Waals surface area contributed by atoms with Gasteiger partial charge in [-0.1, -0.05) is 46.3 Å². The van der Waals surface area contributed by atoms with E-state index in [1.54, 1.807) is 30.1 Å². The average molecular weight is 348 g/mol. The van der Waals surface area contributed by atoms with E-state index in [0.29, 0.717) is 19.4 Å². The van der Waals surface area contributed by atoms with Crippen LogP contribution in [-0.4, -0.2) is 23.0 Å². The Balaban J connectivity index is 1.90. The number of rotatable bonds is 5. The molecule has 0 fully saturated rings. The molecule has 3 nitrogen and oxygen atoms in total. The van der Waals surface area contributed by atoms with Crippen molar-refractivity contribution < 1.29 is 9.90 Å². The van der Waals surface area contributed by atoms with Crippen LogP contribution in [0.3, 0.4) is 0 Å². The zero-order chi connectivity index (χ0) is 15.2. The minimum absolute atomic E-state index is 0.0918. The molecule has 0 heterocycles. The molecule has 0 saturated carbocycles. The maximum absolute atomic E-state index is 12.2. The van der Waals surface area contributed by atoms with E-state index in [1.165, 1.54) is 0 Å². The Hall–Kier alpha value is -1.81. The van der Waals surface area contributed by atoms with Gasteiger partial charge in [0, 0.05) is 24.5 Å². The van der Waals surface area contributed by atoms with Crippen molar-refractivity contribution in [3.63, 3.8) is 0 Å². The summed E-state index contributed by atoms with van der Waals surface area (Å²) >= 11 is 3.49. The van der Waals surface area contributed by atoms with Crippen molar-refractivity contribution in [2.24, 2.45) is 0 Å². The van der Waals surface area contributed by atoms with Gasteiger partial charge < -0.3 is 10.0 Å². The van der Waals surface area contributed by atoms with Crippen LogP contribution in [0.15, 0.2) is 53.0 Å². The van der Waals surface area contributed by atoms with Gasteiger partial charge in [0.25, 0.3) is 0 Å². The number of hydrogen-bond donors (Lipinski definition) is 1. The largest absolute Gasteiger partial charge is 0.508 e. The van der Waals surface area contributed by atoms with Gasteiger partial charge in [-0.25, -0.2) is 0 Å². The van der Waals surface area contributed by atoms with Crippen LogP contribution in [0, 0.1) is 0 Å². The number of hydrogen-bond acceptors (Lipinski definition) is 2. The Morgan fingerprint density at radius 3 is 2.67 bits per heavy atom. The average Bonchev–Trinajstić information content (AvgIpc) is 2.46. The first kappa shape index (κ1) is 15.6. The molecule has 0 atom stereocenters. The van der Waals surface area contributed by atoms with E-state index in [4.69, 9.17) is 0 Å². The molecule has 0 aliphatic heterocycles. The minimum atomic E-state index is 0.0918. The van der Waals surface area contributed by atoms with Crippen LogP contribution in [0.4, 0.5) is 0 Å². The van der Waals surface area contributed by atoms with Gasteiger partial charge in [0.05, 0.1) is 0 Å². The van der Waals surface area contributed by atoms with Gasteiger partial charge in [0.2, 0.25) is 5.91 Å². The molecule has 0 aromatic heterocycles. The first-order valence-electron chi connectivity index (χ1n) is 6.81. The van der Waals surface area contributed by atoms with Crippen molar-refractivity contribution in [3.8, 4) is 5.75 Å². The van der Waals surface area contributed by atoms with Gasteiger partial charge in [-0.15, -0.1) is 0 Å². The van der Waals surface area contributed by atoms with Crippen LogP contribution in [0.25, 0.3) is 0 Å². The number of amides is 1. The van der Waals surface area contributed by atoms with E-state index >= 15 is 0 Å². The molecule has 0 bridgehead atoms. The van der Waals surface area contributed by atoms with Crippen molar-refractivity contribution in [1.82, 2.24) is 4.90 Å². The summed E-state index contributed by atoms with van der Waals surface area (Å²) in [5.41, 5.74) is 2.06. The molecule has 0 aliphatic rings. The zero-order valence-corrected chi connectivity index (χ0v) is 13.5. The Morgan fingerprint density at radius 1 is 1.19 bits per heavy atom. The molecule has 0 aliphatic carbocycles. The molecule has 0 unspecified atom stereocenters. The molecule has 1 amide bonds. The highest BCUT2D eigenvalue weighted by Crippen LogP contribution is 2.18. The second kappa shape index (κ2) is 7.27. The van der Waals surface area contributed by atoms with Crippen molar-refractivity contribution >= 4 is 21.8 Å². The summed E-state index contributed by atoms with van der Waals surface area (Å²) < 4.78 is 1.04. The highest BCUT2D eigenvalue weighted by atomic mass is 79.9. The number of halogens is 1. The van der Waals surface area contributed by atoms with Crippen LogP contribution in [0.5, 0.6) is 5.75 Å². The molecular formula is C17H18BrNO2. The predicted octanol–water partition coefficient (Wildman–Crippen LogP) is 3.75. The van der Waals surface area contributed by atoms with E-state index in [1.807, 2.05) is 30.3 Å². The number of nitrogens with zero attached hydrogens (tertiary/aromatic N) is 1. The molecule has 4 heteroatoms. The standard InChI is InChI=1S/C17H18BrNO2/c1-19(12-13-5-4-7-15(20)11-13)17(21)10-9-14-6-2-3-8-16(14)18/h2-8,11,20H,9-10,12H2,1H3. The van der Waals surface area contributed by atoms with Crippen LogP contribution >= 0.6 is 15.9 Å². The van der Waals surface area contributed by atoms with Gasteiger partial charge in [0.15, 0.2) is 0 Å². The van der Waals surface area contributed by atoms with Gasteiger partial charge in [-0.3, -0.25) is 4.79 Å². The lowest BCUT2D eigenvalue weighted by molar-refractivity contribution is -0.130. The lowest BCUT2D eigenvalue weighted by Gasteiger charge is -2.17. The third kappa shape index (κ3) is 4.60. The third-order valence-electron chi connectivity index (χ3n) is 3.32. The van der Waals surface area contributed by atoms with E-state index in [2.05, 4.69) is 15.9 Å². The number of carbonyl (C=O) groups excluding carboxylic acids is 1. The highest BCUT2D eigenvalue weighted by molar-refractivity contribution is 9.10.